The van der Waals surface area contributed by atoms with Crippen LogP contribution in [0.15, 0.2) is 48.5 Å². The molecule has 2 N–H and O–H groups in total. The van der Waals surface area contributed by atoms with Crippen molar-refractivity contribution in [1.82, 2.24) is 0 Å². The molecule has 0 aliphatic rings. The second-order valence-corrected chi connectivity index (χ2v) is 5.51. The summed E-state index contributed by atoms with van der Waals surface area (Å²) in [6.07, 6.45) is 0.975. The van der Waals surface area contributed by atoms with Gasteiger partial charge < -0.3 is 10.6 Å². The Hall–Kier alpha value is -2.49. The number of rotatable bonds is 5. The van der Waals surface area contributed by atoms with Crippen molar-refractivity contribution < 1.29 is 4.79 Å². The van der Waals surface area contributed by atoms with Gasteiger partial charge in [0.1, 0.15) is 0 Å². The monoisotopic (exact) mass is 297 g/mol. The second kappa shape index (κ2) is 6.98. The third-order valence-electron chi connectivity index (χ3n) is 3.72. The maximum Gasteiger partial charge on any atom is 0.319 e. The molecule has 0 spiro atoms. The van der Waals surface area contributed by atoms with Crippen LogP contribution in [0.5, 0.6) is 0 Å². The molecule has 2 amide bonds. The summed E-state index contributed by atoms with van der Waals surface area (Å²) in [7, 11) is 4.00. The SMILES string of the molecule is CCc1ccc(N(Cc2ccc(N(C)C)cc2)C(N)=O)cc1. The van der Waals surface area contributed by atoms with E-state index in [1.54, 1.807) is 4.90 Å². The molecule has 0 fully saturated rings. The van der Waals surface area contributed by atoms with Gasteiger partial charge in [-0.05, 0) is 41.8 Å². The number of urea groups is 1. The van der Waals surface area contributed by atoms with Gasteiger partial charge in [-0.3, -0.25) is 4.90 Å². The predicted molar refractivity (Wildman–Crippen MR) is 92.4 cm³/mol. The Labute approximate surface area is 132 Å². The molecule has 0 aliphatic carbocycles. The molecule has 2 aromatic rings. The molecule has 0 aromatic heterocycles. The highest BCUT2D eigenvalue weighted by Crippen LogP contribution is 2.20. The van der Waals surface area contributed by atoms with Crippen molar-refractivity contribution >= 4 is 17.4 Å². The Morgan fingerprint density at radius 1 is 0.909 bits per heavy atom. The van der Waals surface area contributed by atoms with Crippen LogP contribution in [0.1, 0.15) is 18.1 Å². The number of hydrogen-bond donors (Lipinski definition) is 1. The summed E-state index contributed by atoms with van der Waals surface area (Å²) in [4.78, 5) is 15.4. The summed E-state index contributed by atoms with van der Waals surface area (Å²) in [5, 5.41) is 0. The molecule has 0 unspecified atom stereocenters. The summed E-state index contributed by atoms with van der Waals surface area (Å²) in [6.45, 7) is 2.57. The third-order valence-corrected chi connectivity index (χ3v) is 3.72. The standard InChI is InChI=1S/C18H23N3O/c1-4-14-5-11-17(12-6-14)21(18(19)22)13-15-7-9-16(10-8-15)20(2)3/h5-12H,4,13H2,1-3H3,(H2,19,22). The van der Waals surface area contributed by atoms with Crippen molar-refractivity contribution in [2.75, 3.05) is 23.9 Å². The topological polar surface area (TPSA) is 49.6 Å². The van der Waals surface area contributed by atoms with Crippen LogP contribution >= 0.6 is 0 Å². The number of benzene rings is 2. The fraction of sp³-hybridized carbons (Fsp3) is 0.278. The summed E-state index contributed by atoms with van der Waals surface area (Å²) in [6, 6.07) is 15.6. The van der Waals surface area contributed by atoms with Gasteiger partial charge in [-0.25, -0.2) is 4.79 Å². The number of nitrogens with two attached hydrogens (primary N) is 1. The molecular formula is C18H23N3O. The van der Waals surface area contributed by atoms with Crippen LogP contribution in [0.25, 0.3) is 0 Å². The lowest BCUT2D eigenvalue weighted by Crippen LogP contribution is -2.35. The Morgan fingerprint density at radius 3 is 1.86 bits per heavy atom. The molecule has 0 heterocycles. The van der Waals surface area contributed by atoms with Crippen molar-refractivity contribution in [1.29, 1.82) is 0 Å². The number of aryl methyl sites for hydroxylation is 1. The fourth-order valence-electron chi connectivity index (χ4n) is 2.29. The summed E-state index contributed by atoms with van der Waals surface area (Å²) < 4.78 is 0. The van der Waals surface area contributed by atoms with Gasteiger partial charge in [0.05, 0.1) is 6.54 Å². The minimum atomic E-state index is -0.444. The number of hydrogen-bond acceptors (Lipinski definition) is 2. The predicted octanol–water partition coefficient (Wildman–Crippen LogP) is 3.40. The Morgan fingerprint density at radius 2 is 1.41 bits per heavy atom. The van der Waals surface area contributed by atoms with Crippen LogP contribution in [-0.2, 0) is 13.0 Å². The van der Waals surface area contributed by atoms with Gasteiger partial charge in [0.25, 0.3) is 0 Å². The number of nitrogens with zero attached hydrogens (tertiary/aromatic N) is 2. The number of amides is 2. The molecule has 4 nitrogen and oxygen atoms in total. The largest absolute Gasteiger partial charge is 0.378 e. The minimum Gasteiger partial charge on any atom is -0.378 e. The maximum absolute atomic E-state index is 11.8. The molecule has 0 atom stereocenters. The first-order valence-corrected chi connectivity index (χ1v) is 7.43. The highest BCUT2D eigenvalue weighted by Gasteiger charge is 2.13. The van der Waals surface area contributed by atoms with Gasteiger partial charge >= 0.3 is 6.03 Å². The van der Waals surface area contributed by atoms with Gasteiger partial charge in [0.2, 0.25) is 0 Å². The van der Waals surface area contributed by atoms with Crippen molar-refractivity contribution in [3.63, 3.8) is 0 Å². The average molecular weight is 297 g/mol. The Balaban J connectivity index is 2.19. The van der Waals surface area contributed by atoms with E-state index in [2.05, 4.69) is 6.92 Å². The van der Waals surface area contributed by atoms with E-state index in [9.17, 15) is 4.79 Å². The van der Waals surface area contributed by atoms with Crippen LogP contribution in [0.4, 0.5) is 16.2 Å². The van der Waals surface area contributed by atoms with Gasteiger partial charge in [-0.2, -0.15) is 0 Å². The first kappa shape index (κ1) is 15.9. The van der Waals surface area contributed by atoms with E-state index in [4.69, 9.17) is 5.73 Å². The van der Waals surface area contributed by atoms with E-state index in [0.29, 0.717) is 6.54 Å². The van der Waals surface area contributed by atoms with E-state index in [1.165, 1.54) is 5.56 Å². The smallest absolute Gasteiger partial charge is 0.319 e. The highest BCUT2D eigenvalue weighted by molar-refractivity contribution is 5.90. The average Bonchev–Trinajstić information content (AvgIpc) is 2.53. The summed E-state index contributed by atoms with van der Waals surface area (Å²) in [5.41, 5.74) is 9.78. The van der Waals surface area contributed by atoms with E-state index in [1.807, 2.05) is 67.5 Å². The molecule has 0 saturated heterocycles. The van der Waals surface area contributed by atoms with E-state index in [-0.39, 0.29) is 0 Å². The van der Waals surface area contributed by atoms with E-state index < -0.39 is 6.03 Å². The molecule has 116 valence electrons. The Kier molecular flexibility index (Phi) is 5.04. The number of carbonyl (C=O) groups is 1. The molecule has 0 bridgehead atoms. The zero-order valence-corrected chi connectivity index (χ0v) is 13.4. The van der Waals surface area contributed by atoms with Crippen molar-refractivity contribution in [2.24, 2.45) is 5.73 Å². The van der Waals surface area contributed by atoms with Gasteiger partial charge in [0.15, 0.2) is 0 Å². The first-order valence-electron chi connectivity index (χ1n) is 7.43. The molecule has 22 heavy (non-hydrogen) atoms. The zero-order chi connectivity index (χ0) is 16.1. The number of primary amides is 1. The first-order chi connectivity index (χ1) is 10.5. The van der Waals surface area contributed by atoms with Gasteiger partial charge in [-0.1, -0.05) is 31.2 Å². The lowest BCUT2D eigenvalue weighted by atomic mass is 10.1. The van der Waals surface area contributed by atoms with Crippen LogP contribution in [0.2, 0.25) is 0 Å². The maximum atomic E-state index is 11.8. The van der Waals surface area contributed by atoms with E-state index in [0.717, 1.165) is 23.4 Å². The van der Waals surface area contributed by atoms with E-state index >= 15 is 0 Å². The Bertz CT molecular complexity index is 618. The lowest BCUT2D eigenvalue weighted by molar-refractivity contribution is 0.253. The van der Waals surface area contributed by atoms with Crippen LogP contribution < -0.4 is 15.5 Å². The minimum absolute atomic E-state index is 0.444. The summed E-state index contributed by atoms with van der Waals surface area (Å²) >= 11 is 0. The molecule has 0 aliphatic heterocycles. The van der Waals surface area contributed by atoms with Crippen molar-refractivity contribution in [2.45, 2.75) is 19.9 Å². The molecule has 0 saturated carbocycles. The highest BCUT2D eigenvalue weighted by atomic mass is 16.2. The van der Waals surface area contributed by atoms with Crippen LogP contribution in [0, 0.1) is 0 Å². The van der Waals surface area contributed by atoms with Gasteiger partial charge in [0, 0.05) is 25.5 Å². The second-order valence-electron chi connectivity index (χ2n) is 5.51. The van der Waals surface area contributed by atoms with Crippen molar-refractivity contribution in [3.8, 4) is 0 Å². The third kappa shape index (κ3) is 3.79. The van der Waals surface area contributed by atoms with Crippen LogP contribution in [0.3, 0.4) is 0 Å². The lowest BCUT2D eigenvalue weighted by Gasteiger charge is -2.21. The number of anilines is 2. The van der Waals surface area contributed by atoms with Gasteiger partial charge in [-0.15, -0.1) is 0 Å². The molecule has 0 radical (unpaired) electrons. The quantitative estimate of drug-likeness (QED) is 0.919. The molecule has 4 heteroatoms. The van der Waals surface area contributed by atoms with Crippen molar-refractivity contribution in [3.05, 3.63) is 59.7 Å². The molecule has 2 aromatic carbocycles. The van der Waals surface area contributed by atoms with Crippen LogP contribution in [-0.4, -0.2) is 20.1 Å². The fourth-order valence-corrected chi connectivity index (χ4v) is 2.29. The summed E-state index contributed by atoms with van der Waals surface area (Å²) in [5.74, 6) is 0. The number of carbonyl (C=O) groups excluding carboxylic acids is 1. The molecule has 2 rings (SSSR count). The normalized spacial score (nSPS) is 10.3. The zero-order valence-electron chi connectivity index (χ0n) is 13.4. The molecular weight excluding hydrogens is 274 g/mol.